The number of rotatable bonds is 7. The van der Waals surface area contributed by atoms with Gasteiger partial charge in [-0.05, 0) is 36.8 Å². The van der Waals surface area contributed by atoms with Crippen molar-refractivity contribution >= 4 is 23.6 Å². The second-order valence-corrected chi connectivity index (χ2v) is 9.59. The van der Waals surface area contributed by atoms with E-state index in [0.29, 0.717) is 51.3 Å². The molecule has 208 valence electrons. The lowest BCUT2D eigenvalue weighted by Crippen LogP contribution is -2.52. The van der Waals surface area contributed by atoms with Gasteiger partial charge in [-0.1, -0.05) is 24.3 Å². The number of amides is 4. The molecule has 4 amide bonds. The number of halogens is 3. The zero-order valence-electron chi connectivity index (χ0n) is 21.2. The minimum Gasteiger partial charge on any atom is -0.350 e. The van der Waals surface area contributed by atoms with Crippen LogP contribution in [-0.2, 0) is 15.8 Å². The van der Waals surface area contributed by atoms with Crippen molar-refractivity contribution in [2.45, 2.75) is 18.6 Å². The first kappa shape index (κ1) is 28.1. The lowest BCUT2D eigenvalue weighted by atomic mass is 10.1. The maximum Gasteiger partial charge on any atom is 0.416 e. The average Bonchev–Trinajstić information content (AvgIpc) is 3.37. The van der Waals surface area contributed by atoms with Gasteiger partial charge in [-0.3, -0.25) is 24.1 Å². The minimum atomic E-state index is -4.57. The second-order valence-electron chi connectivity index (χ2n) is 9.59. The zero-order chi connectivity index (χ0) is 28.0. The van der Waals surface area contributed by atoms with Gasteiger partial charge in [-0.25, -0.2) is 0 Å². The molecule has 9 nitrogen and oxygen atoms in total. The van der Waals surface area contributed by atoms with Gasteiger partial charge in [0, 0.05) is 56.4 Å². The predicted octanol–water partition coefficient (Wildman–Crippen LogP) is 1.61. The van der Waals surface area contributed by atoms with E-state index >= 15 is 0 Å². The Balaban J connectivity index is 1.16. The monoisotopic (exact) mass is 545 g/mol. The third-order valence-corrected chi connectivity index (χ3v) is 6.80. The fraction of sp³-hybridized carbons (Fsp3) is 0.407. The van der Waals surface area contributed by atoms with Crippen LogP contribution in [-0.4, -0.2) is 96.7 Å². The van der Waals surface area contributed by atoms with Crippen molar-refractivity contribution in [3.63, 3.8) is 0 Å². The largest absolute Gasteiger partial charge is 0.416 e. The van der Waals surface area contributed by atoms with Gasteiger partial charge < -0.3 is 20.4 Å². The normalized spacial score (nSPS) is 18.1. The molecule has 0 spiro atoms. The van der Waals surface area contributed by atoms with Crippen LogP contribution in [0.5, 0.6) is 0 Å². The van der Waals surface area contributed by atoms with Crippen LogP contribution in [0.2, 0.25) is 0 Å². The van der Waals surface area contributed by atoms with Crippen LogP contribution < -0.4 is 10.6 Å². The molecule has 2 aliphatic heterocycles. The van der Waals surface area contributed by atoms with Crippen LogP contribution in [0.15, 0.2) is 54.6 Å². The summed E-state index contributed by atoms with van der Waals surface area (Å²) in [7, 11) is 0. The van der Waals surface area contributed by atoms with E-state index in [9.17, 15) is 32.3 Å². The van der Waals surface area contributed by atoms with E-state index in [0.717, 1.165) is 18.2 Å². The van der Waals surface area contributed by atoms with Gasteiger partial charge in [0.25, 0.3) is 11.8 Å². The number of carbonyl (C=O) groups excluding carboxylic acids is 4. The van der Waals surface area contributed by atoms with Crippen LogP contribution >= 0.6 is 0 Å². The molecule has 39 heavy (non-hydrogen) atoms. The Kier molecular flexibility index (Phi) is 8.85. The van der Waals surface area contributed by atoms with Crippen LogP contribution in [0.25, 0.3) is 0 Å². The molecule has 0 aliphatic carbocycles. The van der Waals surface area contributed by atoms with Crippen molar-refractivity contribution < 1.29 is 32.3 Å². The number of alkyl halides is 3. The Bertz CT molecular complexity index is 1200. The summed E-state index contributed by atoms with van der Waals surface area (Å²) in [5, 5.41) is 5.13. The van der Waals surface area contributed by atoms with Gasteiger partial charge >= 0.3 is 6.18 Å². The van der Waals surface area contributed by atoms with Crippen molar-refractivity contribution in [2.75, 3.05) is 52.4 Å². The molecule has 2 heterocycles. The summed E-state index contributed by atoms with van der Waals surface area (Å²) in [6.45, 7) is 2.73. The maximum absolute atomic E-state index is 12.9. The van der Waals surface area contributed by atoms with E-state index in [1.54, 1.807) is 21.9 Å². The Morgan fingerprint density at radius 2 is 1.51 bits per heavy atom. The summed E-state index contributed by atoms with van der Waals surface area (Å²) in [6, 6.07) is 12.8. The van der Waals surface area contributed by atoms with Gasteiger partial charge in [0.1, 0.15) is 0 Å². The molecular weight excluding hydrogens is 515 g/mol. The fourth-order valence-corrected chi connectivity index (χ4v) is 4.69. The van der Waals surface area contributed by atoms with E-state index in [1.165, 1.54) is 6.07 Å². The smallest absolute Gasteiger partial charge is 0.350 e. The molecule has 1 atom stereocenters. The third kappa shape index (κ3) is 7.56. The van der Waals surface area contributed by atoms with Crippen LogP contribution in [0.1, 0.15) is 32.7 Å². The Labute approximate surface area is 223 Å². The minimum absolute atomic E-state index is 0.0397. The van der Waals surface area contributed by atoms with Crippen LogP contribution in [0.3, 0.4) is 0 Å². The number of hydrogen-bond acceptors (Lipinski definition) is 5. The molecular formula is C27H30F3N5O4. The Morgan fingerprint density at radius 3 is 2.21 bits per heavy atom. The summed E-state index contributed by atoms with van der Waals surface area (Å²) in [5.41, 5.74) is -0.506. The van der Waals surface area contributed by atoms with E-state index in [1.807, 2.05) is 23.1 Å². The van der Waals surface area contributed by atoms with E-state index in [2.05, 4.69) is 10.6 Å². The number of benzene rings is 2. The molecule has 2 fully saturated rings. The molecule has 0 aromatic heterocycles. The molecule has 0 bridgehead atoms. The van der Waals surface area contributed by atoms with E-state index in [4.69, 9.17) is 0 Å². The van der Waals surface area contributed by atoms with Crippen molar-refractivity contribution in [3.8, 4) is 0 Å². The highest BCUT2D eigenvalue weighted by atomic mass is 19.4. The molecule has 2 aliphatic rings. The van der Waals surface area contributed by atoms with Gasteiger partial charge in [0.05, 0.1) is 18.7 Å². The molecule has 12 heteroatoms. The van der Waals surface area contributed by atoms with Crippen molar-refractivity contribution in [3.05, 3.63) is 71.3 Å². The summed E-state index contributed by atoms with van der Waals surface area (Å²) in [5.74, 6) is -1.33. The van der Waals surface area contributed by atoms with Gasteiger partial charge in [0.2, 0.25) is 11.8 Å². The van der Waals surface area contributed by atoms with Gasteiger partial charge in [-0.15, -0.1) is 0 Å². The average molecular weight is 546 g/mol. The molecule has 0 radical (unpaired) electrons. The van der Waals surface area contributed by atoms with E-state index < -0.39 is 23.6 Å². The first-order chi connectivity index (χ1) is 18.6. The van der Waals surface area contributed by atoms with Crippen molar-refractivity contribution in [2.24, 2.45) is 0 Å². The number of piperazine rings is 1. The van der Waals surface area contributed by atoms with Crippen LogP contribution in [0, 0.1) is 0 Å². The van der Waals surface area contributed by atoms with Crippen molar-refractivity contribution in [1.29, 1.82) is 0 Å². The Hall–Kier alpha value is -3.93. The topological polar surface area (TPSA) is 102 Å². The quantitative estimate of drug-likeness (QED) is 0.551. The van der Waals surface area contributed by atoms with Crippen molar-refractivity contribution in [1.82, 2.24) is 25.3 Å². The molecule has 2 aromatic rings. The number of nitrogens with one attached hydrogen (secondary N) is 2. The van der Waals surface area contributed by atoms with E-state index in [-0.39, 0.29) is 36.5 Å². The Morgan fingerprint density at radius 1 is 0.846 bits per heavy atom. The molecule has 0 saturated carbocycles. The summed E-state index contributed by atoms with van der Waals surface area (Å²) < 4.78 is 38.6. The summed E-state index contributed by atoms with van der Waals surface area (Å²) >= 11 is 0. The molecule has 2 aromatic carbocycles. The zero-order valence-corrected chi connectivity index (χ0v) is 21.2. The standard InChI is InChI=1S/C27H30F3N5O4/c28-27(29,30)21-8-4-7-20(15-21)25(38)31-16-23(36)32-22-9-10-33(17-22)18-24(37)34-11-13-35(14-12-34)26(39)19-5-2-1-3-6-19/h1-8,15,22H,9-14,16-18H2,(H,31,38)(H,32,36)/t22-/m1/s1. The van der Waals surface area contributed by atoms with Crippen LogP contribution in [0.4, 0.5) is 13.2 Å². The first-order valence-electron chi connectivity index (χ1n) is 12.7. The number of carbonyl (C=O) groups is 4. The number of hydrogen-bond donors (Lipinski definition) is 2. The lowest BCUT2D eigenvalue weighted by Gasteiger charge is -2.35. The maximum atomic E-state index is 12.9. The fourth-order valence-electron chi connectivity index (χ4n) is 4.69. The number of nitrogens with zero attached hydrogens (tertiary/aromatic N) is 3. The first-order valence-corrected chi connectivity index (χ1v) is 12.7. The number of likely N-dealkylation sites (tertiary alicyclic amines) is 1. The molecule has 2 saturated heterocycles. The molecule has 2 N–H and O–H groups in total. The predicted molar refractivity (Wildman–Crippen MR) is 136 cm³/mol. The molecule has 4 rings (SSSR count). The lowest BCUT2D eigenvalue weighted by molar-refractivity contribution is -0.137. The SMILES string of the molecule is O=C(CNC(=O)c1cccc(C(F)(F)F)c1)N[C@@H]1CCN(CC(=O)N2CCN(C(=O)c3ccccc3)CC2)C1. The summed E-state index contributed by atoms with van der Waals surface area (Å²) in [6.07, 6.45) is -3.95. The van der Waals surface area contributed by atoms with Gasteiger partial charge in [0.15, 0.2) is 0 Å². The molecule has 0 unspecified atom stereocenters. The second kappa shape index (κ2) is 12.3. The highest BCUT2D eigenvalue weighted by Crippen LogP contribution is 2.29. The van der Waals surface area contributed by atoms with Gasteiger partial charge in [-0.2, -0.15) is 13.2 Å². The summed E-state index contributed by atoms with van der Waals surface area (Å²) in [4.78, 5) is 55.3. The highest BCUT2D eigenvalue weighted by molar-refractivity contribution is 5.96. The highest BCUT2D eigenvalue weighted by Gasteiger charge is 2.31. The third-order valence-electron chi connectivity index (χ3n) is 6.80.